The number of hydrogen-bond donors (Lipinski definition) is 2. The van der Waals surface area contributed by atoms with E-state index < -0.39 is 28.2 Å². The summed E-state index contributed by atoms with van der Waals surface area (Å²) in [5.74, 6) is -1.83. The highest BCUT2D eigenvalue weighted by atomic mass is 32.2. The molecule has 0 aliphatic carbocycles. The maximum atomic E-state index is 12.2. The summed E-state index contributed by atoms with van der Waals surface area (Å²) in [5, 5.41) is 9.71. The second-order valence-corrected chi connectivity index (χ2v) is 9.13. The lowest BCUT2D eigenvalue weighted by molar-refractivity contribution is -0.192. The van der Waals surface area contributed by atoms with Crippen molar-refractivity contribution in [3.05, 3.63) is 18.2 Å². The zero-order valence-electron chi connectivity index (χ0n) is 16.6. The van der Waals surface area contributed by atoms with Crippen LogP contribution in [-0.2, 0) is 33.2 Å². The van der Waals surface area contributed by atoms with E-state index in [0.29, 0.717) is 19.5 Å². The number of fused-ring (bicyclic) bond motifs is 1. The number of imidazole rings is 1. The first-order valence-electron chi connectivity index (χ1n) is 8.94. The van der Waals surface area contributed by atoms with Crippen molar-refractivity contribution >= 4 is 21.9 Å². The average molecular weight is 455 g/mol. The number of sulfonamides is 1. The number of halogens is 3. The van der Waals surface area contributed by atoms with E-state index in [4.69, 9.17) is 9.90 Å². The Bertz CT molecular complexity index is 888. The standard InChI is InChI=1S/C14H23N5O3S.C2HF3O2/c1-15-14(20)11-6-10-7-18(9-13-16-4-5-17(13)2)8-12(10)19(11)23(3,21)22;3-2(4,5)1(6)7/h4-5,10-12H,6-9H2,1-3H3,(H,15,20);(H,6,7)/t10-,11-,12+;/m1./s1. The molecule has 0 bridgehead atoms. The third kappa shape index (κ3) is 5.49. The van der Waals surface area contributed by atoms with E-state index in [0.717, 1.165) is 12.4 Å². The smallest absolute Gasteiger partial charge is 0.475 e. The summed E-state index contributed by atoms with van der Waals surface area (Å²) in [5.41, 5.74) is 0. The number of carboxylic acids is 1. The van der Waals surface area contributed by atoms with E-state index in [9.17, 15) is 26.4 Å². The summed E-state index contributed by atoms with van der Waals surface area (Å²) in [6, 6.07) is -0.715. The van der Waals surface area contributed by atoms with Gasteiger partial charge in [-0.25, -0.2) is 18.2 Å². The highest BCUT2D eigenvalue weighted by Gasteiger charge is 2.52. The normalized spacial score (nSPS) is 24.8. The van der Waals surface area contributed by atoms with E-state index >= 15 is 0 Å². The minimum absolute atomic E-state index is 0.132. The SMILES string of the molecule is CNC(=O)[C@H]1C[C@@H]2CN(Cc3nccn3C)C[C@@H]2N1S(C)(=O)=O.O=C(O)C(F)(F)F. The molecule has 0 unspecified atom stereocenters. The number of aliphatic carboxylic acids is 1. The zero-order chi connectivity index (χ0) is 22.9. The second-order valence-electron chi connectivity index (χ2n) is 7.24. The maximum absolute atomic E-state index is 12.2. The van der Waals surface area contributed by atoms with Gasteiger partial charge in [0.15, 0.2) is 0 Å². The van der Waals surface area contributed by atoms with Crippen LogP contribution in [0.2, 0.25) is 0 Å². The first kappa shape index (κ1) is 24.1. The molecule has 1 aromatic heterocycles. The van der Waals surface area contributed by atoms with Gasteiger partial charge in [-0.3, -0.25) is 9.69 Å². The number of nitrogens with one attached hydrogen (secondary N) is 1. The Labute approximate surface area is 171 Å². The van der Waals surface area contributed by atoms with Crippen LogP contribution in [0.15, 0.2) is 12.4 Å². The molecule has 2 saturated heterocycles. The summed E-state index contributed by atoms with van der Waals surface area (Å²) in [4.78, 5) is 27.5. The van der Waals surface area contributed by atoms with Crippen LogP contribution in [0.4, 0.5) is 13.2 Å². The Kier molecular flexibility index (Phi) is 7.14. The molecule has 0 spiro atoms. The largest absolute Gasteiger partial charge is 0.490 e. The molecule has 0 radical (unpaired) electrons. The van der Waals surface area contributed by atoms with Crippen LogP contribution in [0.1, 0.15) is 12.2 Å². The van der Waals surface area contributed by atoms with Gasteiger partial charge in [-0.05, 0) is 12.3 Å². The molecular weight excluding hydrogens is 431 g/mol. The maximum Gasteiger partial charge on any atom is 0.490 e. The molecule has 2 aliphatic heterocycles. The number of rotatable bonds is 4. The van der Waals surface area contributed by atoms with Gasteiger partial charge in [0.1, 0.15) is 11.9 Å². The van der Waals surface area contributed by atoms with Gasteiger partial charge < -0.3 is 15.0 Å². The molecule has 3 heterocycles. The molecule has 170 valence electrons. The van der Waals surface area contributed by atoms with E-state index in [-0.39, 0.29) is 17.9 Å². The molecule has 1 aromatic rings. The molecule has 14 heteroatoms. The van der Waals surface area contributed by atoms with Crippen LogP contribution in [-0.4, -0.2) is 88.8 Å². The summed E-state index contributed by atoms with van der Waals surface area (Å²) in [6.07, 6.45) is 0.342. The van der Waals surface area contributed by atoms with Crippen molar-refractivity contribution in [1.82, 2.24) is 24.1 Å². The number of aryl methyl sites for hydroxylation is 1. The number of hydrogen-bond acceptors (Lipinski definition) is 6. The Hall–Kier alpha value is -2.19. The lowest BCUT2D eigenvalue weighted by atomic mass is 10.0. The molecule has 30 heavy (non-hydrogen) atoms. The summed E-state index contributed by atoms with van der Waals surface area (Å²) in [6.45, 7) is 2.12. The van der Waals surface area contributed by atoms with E-state index in [1.54, 1.807) is 13.2 Å². The second kappa shape index (κ2) is 8.89. The lowest BCUT2D eigenvalue weighted by Gasteiger charge is -2.27. The fourth-order valence-corrected chi connectivity index (χ4v) is 5.20. The zero-order valence-corrected chi connectivity index (χ0v) is 17.4. The van der Waals surface area contributed by atoms with Crippen molar-refractivity contribution in [2.75, 3.05) is 26.4 Å². The van der Waals surface area contributed by atoms with Crippen LogP contribution in [0.25, 0.3) is 0 Å². The topological polar surface area (TPSA) is 125 Å². The fraction of sp³-hybridized carbons (Fsp3) is 0.688. The Morgan fingerprint density at radius 3 is 2.37 bits per heavy atom. The lowest BCUT2D eigenvalue weighted by Crippen LogP contribution is -2.49. The number of likely N-dealkylation sites (tertiary alicyclic amines) is 1. The van der Waals surface area contributed by atoms with E-state index in [1.165, 1.54) is 10.6 Å². The number of alkyl halides is 3. The van der Waals surface area contributed by atoms with Crippen molar-refractivity contribution in [3.63, 3.8) is 0 Å². The van der Waals surface area contributed by atoms with Gasteiger partial charge in [0.25, 0.3) is 0 Å². The number of carbonyl (C=O) groups excluding carboxylic acids is 1. The first-order valence-corrected chi connectivity index (χ1v) is 10.8. The Morgan fingerprint density at radius 2 is 1.93 bits per heavy atom. The van der Waals surface area contributed by atoms with Crippen molar-refractivity contribution in [2.45, 2.75) is 31.2 Å². The van der Waals surface area contributed by atoms with Gasteiger partial charge in [0, 0.05) is 45.6 Å². The summed E-state index contributed by atoms with van der Waals surface area (Å²) in [7, 11) is 0.0643. The van der Waals surface area contributed by atoms with Gasteiger partial charge in [0.05, 0.1) is 12.8 Å². The predicted molar refractivity (Wildman–Crippen MR) is 98.6 cm³/mol. The Balaban J connectivity index is 0.000000396. The average Bonchev–Trinajstić information content (AvgIpc) is 3.27. The summed E-state index contributed by atoms with van der Waals surface area (Å²) >= 11 is 0. The molecule has 3 atom stereocenters. The van der Waals surface area contributed by atoms with E-state index in [1.807, 2.05) is 17.8 Å². The minimum atomic E-state index is -5.08. The molecule has 2 fully saturated rings. The van der Waals surface area contributed by atoms with Crippen LogP contribution in [0.3, 0.4) is 0 Å². The van der Waals surface area contributed by atoms with Crippen molar-refractivity contribution in [2.24, 2.45) is 13.0 Å². The summed E-state index contributed by atoms with van der Waals surface area (Å²) < 4.78 is 59.5. The molecule has 2 aliphatic rings. The van der Waals surface area contributed by atoms with E-state index in [2.05, 4.69) is 15.2 Å². The number of nitrogens with zero attached hydrogens (tertiary/aromatic N) is 4. The van der Waals surface area contributed by atoms with Crippen LogP contribution >= 0.6 is 0 Å². The van der Waals surface area contributed by atoms with Gasteiger partial charge >= 0.3 is 12.1 Å². The monoisotopic (exact) mass is 455 g/mol. The van der Waals surface area contributed by atoms with Gasteiger partial charge in [0.2, 0.25) is 15.9 Å². The van der Waals surface area contributed by atoms with Crippen molar-refractivity contribution < 1.29 is 36.3 Å². The molecular formula is C16H24F3N5O5S. The van der Waals surface area contributed by atoms with Crippen molar-refractivity contribution in [3.8, 4) is 0 Å². The van der Waals surface area contributed by atoms with Gasteiger partial charge in [-0.15, -0.1) is 0 Å². The number of likely N-dealkylation sites (N-methyl/N-ethyl adjacent to an activating group) is 1. The van der Waals surface area contributed by atoms with Crippen molar-refractivity contribution in [1.29, 1.82) is 0 Å². The van der Waals surface area contributed by atoms with Gasteiger partial charge in [-0.2, -0.15) is 17.5 Å². The minimum Gasteiger partial charge on any atom is -0.475 e. The third-order valence-corrected chi connectivity index (χ3v) is 6.39. The quantitative estimate of drug-likeness (QED) is 0.635. The fourth-order valence-electron chi connectivity index (χ4n) is 3.83. The van der Waals surface area contributed by atoms with Crippen LogP contribution in [0, 0.1) is 5.92 Å². The molecule has 10 nitrogen and oxygen atoms in total. The Morgan fingerprint density at radius 1 is 1.33 bits per heavy atom. The molecule has 0 saturated carbocycles. The molecule has 0 aromatic carbocycles. The first-order chi connectivity index (χ1) is 13.8. The molecule has 1 amide bonds. The van der Waals surface area contributed by atoms with Crippen LogP contribution < -0.4 is 5.32 Å². The van der Waals surface area contributed by atoms with Crippen LogP contribution in [0.5, 0.6) is 0 Å². The number of carboxylic acid groups (broad SMARTS) is 1. The number of aromatic nitrogens is 2. The highest BCUT2D eigenvalue weighted by molar-refractivity contribution is 7.88. The molecule has 3 rings (SSSR count). The van der Waals surface area contributed by atoms with Gasteiger partial charge in [-0.1, -0.05) is 0 Å². The number of carbonyl (C=O) groups is 2. The third-order valence-electron chi connectivity index (χ3n) is 5.10. The number of amides is 1. The predicted octanol–water partition coefficient (Wildman–Crippen LogP) is -0.366. The molecule has 2 N–H and O–H groups in total. The highest BCUT2D eigenvalue weighted by Crippen LogP contribution is 2.37.